The lowest BCUT2D eigenvalue weighted by molar-refractivity contribution is -0.385. The molecule has 9 nitrogen and oxygen atoms in total. The molecule has 0 spiro atoms. The van der Waals surface area contributed by atoms with E-state index in [4.69, 9.17) is 5.73 Å². The fraction of sp³-hybridized carbons (Fsp3) is 0.556. The van der Waals surface area contributed by atoms with Crippen LogP contribution in [0.3, 0.4) is 0 Å². The number of nitrogens with zero attached hydrogens (tertiary/aromatic N) is 4. The van der Waals surface area contributed by atoms with Crippen molar-refractivity contribution in [1.82, 2.24) is 9.97 Å². The van der Waals surface area contributed by atoms with Crippen LogP contribution in [0.5, 0.6) is 0 Å². The maximum absolute atomic E-state index is 11.4. The van der Waals surface area contributed by atoms with Crippen LogP contribution in [-0.2, 0) is 9.84 Å². The van der Waals surface area contributed by atoms with E-state index < -0.39 is 14.8 Å². The van der Waals surface area contributed by atoms with Crippen LogP contribution in [0.2, 0.25) is 0 Å². The highest BCUT2D eigenvalue weighted by Gasteiger charge is 2.30. The Morgan fingerprint density at radius 2 is 1.89 bits per heavy atom. The van der Waals surface area contributed by atoms with Gasteiger partial charge in [-0.05, 0) is 6.92 Å². The average molecular weight is 287 g/mol. The number of hydrogen-bond acceptors (Lipinski definition) is 8. The van der Waals surface area contributed by atoms with E-state index in [0.29, 0.717) is 0 Å². The van der Waals surface area contributed by atoms with Crippen molar-refractivity contribution in [2.75, 3.05) is 35.2 Å². The molecule has 19 heavy (non-hydrogen) atoms. The average Bonchev–Trinajstić information content (AvgIpc) is 2.26. The van der Waals surface area contributed by atoms with E-state index in [2.05, 4.69) is 9.97 Å². The van der Waals surface area contributed by atoms with Gasteiger partial charge >= 0.3 is 5.69 Å². The summed E-state index contributed by atoms with van der Waals surface area (Å²) in [6, 6.07) is 0. The van der Waals surface area contributed by atoms with Gasteiger partial charge in [0.25, 0.3) is 0 Å². The molecule has 1 aliphatic heterocycles. The number of rotatable bonds is 2. The van der Waals surface area contributed by atoms with Crippen LogP contribution in [0.1, 0.15) is 5.69 Å². The molecule has 0 bridgehead atoms. The SMILES string of the molecule is Cc1nc(N)nc(N2CCS(=O)(=O)CC2)c1[N+](=O)[O-]. The third kappa shape index (κ3) is 2.72. The zero-order valence-corrected chi connectivity index (χ0v) is 11.1. The molecule has 104 valence electrons. The predicted molar refractivity (Wildman–Crippen MR) is 68.7 cm³/mol. The molecule has 10 heteroatoms. The molecule has 2 heterocycles. The Morgan fingerprint density at radius 1 is 1.32 bits per heavy atom. The van der Waals surface area contributed by atoms with Gasteiger partial charge in [-0.15, -0.1) is 0 Å². The first-order valence-electron chi connectivity index (χ1n) is 5.54. The summed E-state index contributed by atoms with van der Waals surface area (Å²) in [5.41, 5.74) is 5.44. The summed E-state index contributed by atoms with van der Waals surface area (Å²) in [5.74, 6) is -0.0725. The Hall–Kier alpha value is -1.97. The van der Waals surface area contributed by atoms with E-state index in [1.807, 2.05) is 0 Å². The van der Waals surface area contributed by atoms with Gasteiger partial charge in [0.05, 0.1) is 16.4 Å². The number of nitrogens with two attached hydrogens (primary N) is 1. The van der Waals surface area contributed by atoms with E-state index in [-0.39, 0.29) is 47.7 Å². The molecule has 1 aromatic heterocycles. The summed E-state index contributed by atoms with van der Waals surface area (Å²) < 4.78 is 22.7. The fourth-order valence-electron chi connectivity index (χ4n) is 1.93. The standard InChI is InChI=1S/C9H13N5O4S/c1-6-7(14(15)16)8(12-9(10)11-6)13-2-4-19(17,18)5-3-13/h2-5H2,1H3,(H2,10,11,12). The number of anilines is 2. The quantitative estimate of drug-likeness (QED) is 0.569. The lowest BCUT2D eigenvalue weighted by Crippen LogP contribution is -2.41. The van der Waals surface area contributed by atoms with Gasteiger partial charge in [0.15, 0.2) is 9.84 Å². The first-order valence-corrected chi connectivity index (χ1v) is 7.36. The van der Waals surface area contributed by atoms with Crippen molar-refractivity contribution in [3.8, 4) is 0 Å². The zero-order chi connectivity index (χ0) is 14.2. The first-order chi connectivity index (χ1) is 8.80. The Labute approximate surface area is 109 Å². The van der Waals surface area contributed by atoms with Crippen LogP contribution in [-0.4, -0.2) is 47.9 Å². The van der Waals surface area contributed by atoms with E-state index >= 15 is 0 Å². The summed E-state index contributed by atoms with van der Waals surface area (Å²) >= 11 is 0. The molecule has 0 aliphatic carbocycles. The number of nitro groups is 1. The van der Waals surface area contributed by atoms with Crippen molar-refractivity contribution in [3.63, 3.8) is 0 Å². The van der Waals surface area contributed by atoms with Gasteiger partial charge in [0.2, 0.25) is 11.8 Å². The van der Waals surface area contributed by atoms with Crippen molar-refractivity contribution in [2.45, 2.75) is 6.92 Å². The second-order valence-electron chi connectivity index (χ2n) is 4.24. The first kappa shape index (κ1) is 13.5. The molecule has 0 amide bonds. The third-order valence-electron chi connectivity index (χ3n) is 2.88. The monoisotopic (exact) mass is 287 g/mol. The van der Waals surface area contributed by atoms with Crippen LogP contribution < -0.4 is 10.6 Å². The largest absolute Gasteiger partial charge is 0.368 e. The Bertz CT molecular complexity index is 616. The summed E-state index contributed by atoms with van der Waals surface area (Å²) in [6.07, 6.45) is 0. The molecule has 1 aliphatic rings. The van der Waals surface area contributed by atoms with Gasteiger partial charge in [-0.1, -0.05) is 0 Å². The lowest BCUT2D eigenvalue weighted by Gasteiger charge is -2.27. The summed E-state index contributed by atoms with van der Waals surface area (Å²) in [4.78, 5) is 19.7. The van der Waals surface area contributed by atoms with Crippen molar-refractivity contribution in [1.29, 1.82) is 0 Å². The van der Waals surface area contributed by atoms with Crippen LogP contribution in [0.15, 0.2) is 0 Å². The molecule has 1 fully saturated rings. The molecule has 0 aromatic carbocycles. The third-order valence-corrected chi connectivity index (χ3v) is 4.49. The lowest BCUT2D eigenvalue weighted by atomic mass is 10.3. The van der Waals surface area contributed by atoms with Crippen molar-refractivity contribution >= 4 is 27.3 Å². The molecule has 0 unspecified atom stereocenters. The maximum Gasteiger partial charge on any atom is 0.332 e. The zero-order valence-electron chi connectivity index (χ0n) is 10.2. The van der Waals surface area contributed by atoms with Gasteiger partial charge in [0.1, 0.15) is 5.69 Å². The van der Waals surface area contributed by atoms with E-state index in [1.165, 1.54) is 6.92 Å². The summed E-state index contributed by atoms with van der Waals surface area (Å²) in [5, 5.41) is 11.1. The van der Waals surface area contributed by atoms with Crippen molar-refractivity contribution < 1.29 is 13.3 Å². The molecule has 1 saturated heterocycles. The molecule has 0 radical (unpaired) electrons. The number of sulfone groups is 1. The Kier molecular flexibility index (Phi) is 3.27. The van der Waals surface area contributed by atoms with E-state index in [1.54, 1.807) is 4.90 Å². The second kappa shape index (κ2) is 4.61. The highest BCUT2D eigenvalue weighted by Crippen LogP contribution is 2.30. The predicted octanol–water partition coefficient (Wildman–Crippen LogP) is -0.490. The van der Waals surface area contributed by atoms with Gasteiger partial charge in [-0.25, -0.2) is 13.4 Å². The minimum Gasteiger partial charge on any atom is -0.368 e. The van der Waals surface area contributed by atoms with Gasteiger partial charge in [0, 0.05) is 13.1 Å². The van der Waals surface area contributed by atoms with Crippen LogP contribution in [0, 0.1) is 17.0 Å². The molecule has 2 rings (SSSR count). The minimum atomic E-state index is -3.06. The normalized spacial score (nSPS) is 18.3. The number of nitrogen functional groups attached to an aromatic ring is 1. The molecule has 0 atom stereocenters. The van der Waals surface area contributed by atoms with Crippen molar-refractivity contribution in [2.24, 2.45) is 0 Å². The molecule has 2 N–H and O–H groups in total. The molecular formula is C9H13N5O4S. The second-order valence-corrected chi connectivity index (χ2v) is 6.54. The molecule has 0 saturated carbocycles. The summed E-state index contributed by atoms with van der Waals surface area (Å²) in [6.45, 7) is 1.80. The smallest absolute Gasteiger partial charge is 0.332 e. The van der Waals surface area contributed by atoms with E-state index in [0.717, 1.165) is 0 Å². The Balaban J connectivity index is 2.42. The summed E-state index contributed by atoms with van der Waals surface area (Å²) in [7, 11) is -3.06. The maximum atomic E-state index is 11.4. The number of aromatic nitrogens is 2. The topological polar surface area (TPSA) is 132 Å². The van der Waals surface area contributed by atoms with Crippen LogP contribution in [0.25, 0.3) is 0 Å². The fourth-order valence-corrected chi connectivity index (χ4v) is 3.13. The van der Waals surface area contributed by atoms with Crippen LogP contribution in [0.4, 0.5) is 17.5 Å². The highest BCUT2D eigenvalue weighted by atomic mass is 32.2. The highest BCUT2D eigenvalue weighted by molar-refractivity contribution is 7.91. The molecule has 1 aromatic rings. The van der Waals surface area contributed by atoms with Gasteiger partial charge in [-0.2, -0.15) is 4.98 Å². The van der Waals surface area contributed by atoms with Gasteiger partial charge < -0.3 is 10.6 Å². The minimum absolute atomic E-state index is 0.0485. The number of aryl methyl sites for hydroxylation is 1. The number of hydrogen-bond donors (Lipinski definition) is 1. The van der Waals surface area contributed by atoms with Gasteiger partial charge in [-0.3, -0.25) is 10.1 Å². The van der Waals surface area contributed by atoms with Crippen molar-refractivity contribution in [3.05, 3.63) is 15.8 Å². The molecular weight excluding hydrogens is 274 g/mol. The van der Waals surface area contributed by atoms with E-state index in [9.17, 15) is 18.5 Å². The van der Waals surface area contributed by atoms with Crippen LogP contribution >= 0.6 is 0 Å². The Morgan fingerprint density at radius 3 is 2.42 bits per heavy atom.